The topological polar surface area (TPSA) is 44.8 Å². The van der Waals surface area contributed by atoms with Gasteiger partial charge in [0.1, 0.15) is 0 Å². The number of esters is 1. The Morgan fingerprint density at radius 3 is 2.73 bits per heavy atom. The molecule has 15 heavy (non-hydrogen) atoms. The van der Waals surface area contributed by atoms with Gasteiger partial charge in [0.15, 0.2) is 5.79 Å². The maximum Gasteiger partial charge on any atom is 0.333 e. The lowest BCUT2D eigenvalue weighted by atomic mass is 10.2. The lowest BCUT2D eigenvalue weighted by Gasteiger charge is -2.16. The summed E-state index contributed by atoms with van der Waals surface area (Å²) in [5.41, 5.74) is 0.603. The molecule has 0 aromatic carbocycles. The van der Waals surface area contributed by atoms with E-state index in [9.17, 15) is 4.79 Å². The van der Waals surface area contributed by atoms with Gasteiger partial charge in [0.2, 0.25) is 0 Å². The van der Waals surface area contributed by atoms with Crippen molar-refractivity contribution in [2.45, 2.75) is 39.1 Å². The van der Waals surface area contributed by atoms with E-state index in [2.05, 4.69) is 4.74 Å². The van der Waals surface area contributed by atoms with E-state index in [1.54, 1.807) is 6.92 Å². The highest BCUT2D eigenvalue weighted by atomic mass is 16.7. The maximum atomic E-state index is 11.1. The van der Waals surface area contributed by atoms with Crippen LogP contribution in [0.3, 0.4) is 0 Å². The molecule has 1 aliphatic heterocycles. The average Bonchev–Trinajstić information content (AvgIpc) is 2.53. The lowest BCUT2D eigenvalue weighted by Crippen LogP contribution is -2.21. The van der Waals surface area contributed by atoms with E-state index in [0.717, 1.165) is 0 Å². The third-order valence-electron chi connectivity index (χ3n) is 2.26. The first-order chi connectivity index (χ1) is 6.94. The Morgan fingerprint density at radius 1 is 1.60 bits per heavy atom. The highest BCUT2D eigenvalue weighted by Gasteiger charge is 2.31. The van der Waals surface area contributed by atoms with Gasteiger partial charge in [-0.15, -0.1) is 0 Å². The summed E-state index contributed by atoms with van der Waals surface area (Å²) in [6.07, 6.45) is 2.52. The first-order valence-corrected chi connectivity index (χ1v) is 5.01. The molecule has 4 heteroatoms. The van der Waals surface area contributed by atoms with Crippen molar-refractivity contribution >= 4 is 5.97 Å². The largest absolute Gasteiger partial charge is 0.466 e. The maximum absolute atomic E-state index is 11.1. The molecule has 86 valence electrons. The van der Waals surface area contributed by atoms with Crippen molar-refractivity contribution in [2.75, 3.05) is 13.7 Å². The molecule has 0 bridgehead atoms. The average molecular weight is 214 g/mol. The second-order valence-corrected chi connectivity index (χ2v) is 4.07. The molecule has 0 amide bonds. The molecule has 1 fully saturated rings. The van der Waals surface area contributed by atoms with Crippen molar-refractivity contribution in [2.24, 2.45) is 0 Å². The zero-order valence-electron chi connectivity index (χ0n) is 9.70. The van der Waals surface area contributed by atoms with E-state index in [-0.39, 0.29) is 12.1 Å². The Balaban J connectivity index is 2.41. The van der Waals surface area contributed by atoms with E-state index in [4.69, 9.17) is 9.47 Å². The highest BCUT2D eigenvalue weighted by Crippen LogP contribution is 2.24. The molecule has 1 heterocycles. The van der Waals surface area contributed by atoms with Crippen LogP contribution >= 0.6 is 0 Å². The van der Waals surface area contributed by atoms with Crippen LogP contribution in [0.2, 0.25) is 0 Å². The third kappa shape index (κ3) is 3.64. The number of carbonyl (C=O) groups excluding carboxylic acids is 1. The van der Waals surface area contributed by atoms with Gasteiger partial charge in [0.25, 0.3) is 0 Å². The second-order valence-electron chi connectivity index (χ2n) is 4.07. The molecular formula is C11H18O4. The summed E-state index contributed by atoms with van der Waals surface area (Å²) in [7, 11) is 1.37. The van der Waals surface area contributed by atoms with Crippen LogP contribution in [0.15, 0.2) is 11.6 Å². The summed E-state index contributed by atoms with van der Waals surface area (Å²) >= 11 is 0. The van der Waals surface area contributed by atoms with Crippen LogP contribution in [0.1, 0.15) is 27.2 Å². The van der Waals surface area contributed by atoms with E-state index in [1.807, 2.05) is 19.9 Å². The summed E-state index contributed by atoms with van der Waals surface area (Å²) in [6.45, 7) is 6.05. The van der Waals surface area contributed by atoms with Crippen LogP contribution in [0.25, 0.3) is 0 Å². The number of carbonyl (C=O) groups is 1. The standard InChI is InChI=1S/C11H18O4/c1-8(10(12)13-4)5-6-9-7-14-11(2,3)15-9/h5,9H,6-7H2,1-4H3/b8-5+/t9-/m1/s1. The molecule has 0 radical (unpaired) electrons. The molecular weight excluding hydrogens is 196 g/mol. The summed E-state index contributed by atoms with van der Waals surface area (Å²) in [5.74, 6) is -0.800. The molecule has 0 saturated carbocycles. The fourth-order valence-corrected chi connectivity index (χ4v) is 1.43. The molecule has 1 rings (SSSR count). The van der Waals surface area contributed by atoms with Gasteiger partial charge >= 0.3 is 5.97 Å². The summed E-state index contributed by atoms with van der Waals surface area (Å²) in [6, 6.07) is 0. The molecule has 1 saturated heterocycles. The summed E-state index contributed by atoms with van der Waals surface area (Å²) in [4.78, 5) is 11.1. The van der Waals surface area contributed by atoms with Crippen molar-refractivity contribution in [3.63, 3.8) is 0 Å². The van der Waals surface area contributed by atoms with Crippen LogP contribution in [0.5, 0.6) is 0 Å². The van der Waals surface area contributed by atoms with Crippen molar-refractivity contribution in [3.05, 3.63) is 11.6 Å². The Morgan fingerprint density at radius 2 is 2.27 bits per heavy atom. The van der Waals surface area contributed by atoms with E-state index < -0.39 is 5.79 Å². The zero-order chi connectivity index (χ0) is 11.5. The van der Waals surface area contributed by atoms with Gasteiger partial charge in [0.05, 0.1) is 19.8 Å². The Kier molecular flexibility index (Phi) is 3.88. The van der Waals surface area contributed by atoms with Crippen molar-refractivity contribution < 1.29 is 19.0 Å². The van der Waals surface area contributed by atoms with Gasteiger partial charge in [0, 0.05) is 5.57 Å². The summed E-state index contributed by atoms with van der Waals surface area (Å²) < 4.78 is 15.6. The van der Waals surface area contributed by atoms with Gasteiger partial charge in [-0.25, -0.2) is 4.79 Å². The van der Waals surface area contributed by atoms with Gasteiger partial charge in [-0.3, -0.25) is 0 Å². The van der Waals surface area contributed by atoms with Gasteiger partial charge in [-0.1, -0.05) is 6.08 Å². The van der Waals surface area contributed by atoms with Gasteiger partial charge in [-0.2, -0.15) is 0 Å². The van der Waals surface area contributed by atoms with Gasteiger partial charge < -0.3 is 14.2 Å². The molecule has 4 nitrogen and oxygen atoms in total. The van der Waals surface area contributed by atoms with Crippen molar-refractivity contribution in [1.29, 1.82) is 0 Å². The van der Waals surface area contributed by atoms with Crippen LogP contribution in [-0.4, -0.2) is 31.6 Å². The minimum absolute atomic E-state index is 0.0274. The monoisotopic (exact) mass is 214 g/mol. The second kappa shape index (κ2) is 4.77. The van der Waals surface area contributed by atoms with E-state index >= 15 is 0 Å². The number of methoxy groups -OCH3 is 1. The third-order valence-corrected chi connectivity index (χ3v) is 2.26. The van der Waals surface area contributed by atoms with Crippen LogP contribution in [-0.2, 0) is 19.0 Å². The molecule has 1 aliphatic rings. The lowest BCUT2D eigenvalue weighted by molar-refractivity contribution is -0.137. The zero-order valence-corrected chi connectivity index (χ0v) is 9.70. The number of hydrogen-bond acceptors (Lipinski definition) is 4. The first kappa shape index (κ1) is 12.2. The Bertz CT molecular complexity index is 268. The van der Waals surface area contributed by atoms with E-state index in [0.29, 0.717) is 18.6 Å². The fraction of sp³-hybridized carbons (Fsp3) is 0.727. The minimum Gasteiger partial charge on any atom is -0.466 e. The summed E-state index contributed by atoms with van der Waals surface area (Å²) in [5, 5.41) is 0. The van der Waals surface area contributed by atoms with E-state index in [1.165, 1.54) is 7.11 Å². The number of ether oxygens (including phenoxy) is 3. The normalized spacial score (nSPS) is 25.3. The van der Waals surface area contributed by atoms with Crippen LogP contribution in [0, 0.1) is 0 Å². The number of hydrogen-bond donors (Lipinski definition) is 0. The molecule has 0 aromatic rings. The quantitative estimate of drug-likeness (QED) is 0.529. The Labute approximate surface area is 90.2 Å². The molecule has 0 aromatic heterocycles. The molecule has 0 spiro atoms. The fourth-order valence-electron chi connectivity index (χ4n) is 1.43. The number of rotatable bonds is 3. The SMILES string of the molecule is COC(=O)/C(C)=C/C[C@@H]1COC(C)(C)O1. The van der Waals surface area contributed by atoms with Crippen molar-refractivity contribution in [3.8, 4) is 0 Å². The highest BCUT2D eigenvalue weighted by molar-refractivity contribution is 5.87. The van der Waals surface area contributed by atoms with Gasteiger partial charge in [-0.05, 0) is 27.2 Å². The smallest absolute Gasteiger partial charge is 0.333 e. The Hall–Kier alpha value is -0.870. The molecule has 0 aliphatic carbocycles. The molecule has 0 unspecified atom stereocenters. The predicted octanol–water partition coefficient (Wildman–Crippen LogP) is 1.65. The van der Waals surface area contributed by atoms with Crippen molar-refractivity contribution in [1.82, 2.24) is 0 Å². The predicted molar refractivity (Wildman–Crippen MR) is 55.3 cm³/mol. The van der Waals surface area contributed by atoms with Crippen LogP contribution in [0.4, 0.5) is 0 Å². The molecule has 1 atom stereocenters. The first-order valence-electron chi connectivity index (χ1n) is 5.01. The van der Waals surface area contributed by atoms with Crippen LogP contribution < -0.4 is 0 Å². The minimum atomic E-state index is -0.502. The molecule has 0 N–H and O–H groups in total.